The third-order valence-corrected chi connectivity index (χ3v) is 4.45. The Bertz CT molecular complexity index is 447. The molecule has 96 valence electrons. The van der Waals surface area contributed by atoms with Crippen molar-refractivity contribution in [1.82, 2.24) is 5.32 Å². The van der Waals surface area contributed by atoms with E-state index in [-0.39, 0.29) is 0 Å². The molecule has 1 aromatic carbocycles. The van der Waals surface area contributed by atoms with E-state index in [1.54, 1.807) is 0 Å². The first-order chi connectivity index (χ1) is 8.69. The standard InChI is InChI=1S/C16H22N2/c1-3-16(7-4-8-16)12-18-11-15-6-5-14(10-17)9-13(15)2/h5-6,9,18H,3-4,7-8,11-12H2,1-2H3. The molecule has 1 aromatic rings. The van der Waals surface area contributed by atoms with E-state index in [9.17, 15) is 0 Å². The van der Waals surface area contributed by atoms with Crippen molar-refractivity contribution < 1.29 is 0 Å². The molecule has 1 fully saturated rings. The summed E-state index contributed by atoms with van der Waals surface area (Å²) in [5, 5.41) is 12.4. The topological polar surface area (TPSA) is 35.8 Å². The Labute approximate surface area is 110 Å². The highest BCUT2D eigenvalue weighted by Gasteiger charge is 2.34. The van der Waals surface area contributed by atoms with Crippen molar-refractivity contribution in [3.63, 3.8) is 0 Å². The number of benzene rings is 1. The van der Waals surface area contributed by atoms with Crippen molar-refractivity contribution in [3.8, 4) is 6.07 Å². The van der Waals surface area contributed by atoms with Gasteiger partial charge in [0.2, 0.25) is 0 Å². The Morgan fingerprint density at radius 2 is 2.17 bits per heavy atom. The normalized spacial score (nSPS) is 16.9. The summed E-state index contributed by atoms with van der Waals surface area (Å²) >= 11 is 0. The van der Waals surface area contributed by atoms with Crippen molar-refractivity contribution in [3.05, 3.63) is 34.9 Å². The van der Waals surface area contributed by atoms with Crippen LogP contribution in [0.5, 0.6) is 0 Å². The van der Waals surface area contributed by atoms with E-state index in [4.69, 9.17) is 5.26 Å². The molecule has 0 amide bonds. The van der Waals surface area contributed by atoms with Crippen molar-refractivity contribution in [2.75, 3.05) is 6.54 Å². The van der Waals surface area contributed by atoms with Crippen LogP contribution in [-0.4, -0.2) is 6.54 Å². The van der Waals surface area contributed by atoms with Crippen LogP contribution in [0, 0.1) is 23.7 Å². The molecule has 0 radical (unpaired) electrons. The average Bonchev–Trinajstić information content (AvgIpc) is 2.34. The molecule has 1 saturated carbocycles. The van der Waals surface area contributed by atoms with E-state index < -0.39 is 0 Å². The summed E-state index contributed by atoms with van der Waals surface area (Å²) in [6.07, 6.45) is 5.43. The van der Waals surface area contributed by atoms with E-state index in [0.29, 0.717) is 5.41 Å². The minimum Gasteiger partial charge on any atom is -0.312 e. The first kappa shape index (κ1) is 13.1. The van der Waals surface area contributed by atoms with Crippen molar-refractivity contribution in [2.45, 2.75) is 46.1 Å². The van der Waals surface area contributed by atoms with Gasteiger partial charge in [0, 0.05) is 13.1 Å². The van der Waals surface area contributed by atoms with E-state index in [1.165, 1.54) is 36.8 Å². The lowest BCUT2D eigenvalue weighted by molar-refractivity contribution is 0.124. The molecule has 0 atom stereocenters. The Hall–Kier alpha value is -1.33. The lowest BCUT2D eigenvalue weighted by Gasteiger charge is -2.41. The van der Waals surface area contributed by atoms with Crippen LogP contribution in [0.1, 0.15) is 49.3 Å². The molecule has 0 aliphatic heterocycles. The number of hydrogen-bond donors (Lipinski definition) is 1. The Kier molecular flexibility index (Phi) is 4.04. The third kappa shape index (κ3) is 2.73. The van der Waals surface area contributed by atoms with Gasteiger partial charge in [-0.1, -0.05) is 19.4 Å². The maximum Gasteiger partial charge on any atom is 0.0991 e. The summed E-state index contributed by atoms with van der Waals surface area (Å²) in [6, 6.07) is 8.13. The quantitative estimate of drug-likeness (QED) is 0.857. The van der Waals surface area contributed by atoms with E-state index in [0.717, 1.165) is 18.7 Å². The summed E-state index contributed by atoms with van der Waals surface area (Å²) in [6.45, 7) is 6.42. The molecule has 0 unspecified atom stereocenters. The van der Waals surface area contributed by atoms with Gasteiger partial charge < -0.3 is 5.32 Å². The zero-order valence-electron chi connectivity index (χ0n) is 11.4. The van der Waals surface area contributed by atoms with Crippen LogP contribution in [0.15, 0.2) is 18.2 Å². The van der Waals surface area contributed by atoms with Gasteiger partial charge in [0.15, 0.2) is 0 Å². The molecule has 0 heterocycles. The van der Waals surface area contributed by atoms with Crippen molar-refractivity contribution in [1.29, 1.82) is 5.26 Å². The number of aryl methyl sites for hydroxylation is 1. The molecule has 18 heavy (non-hydrogen) atoms. The SMILES string of the molecule is CCC1(CNCc2ccc(C#N)cc2C)CCC1. The van der Waals surface area contributed by atoms with Gasteiger partial charge in [0.25, 0.3) is 0 Å². The molecular formula is C16H22N2. The van der Waals surface area contributed by atoms with Gasteiger partial charge in [-0.3, -0.25) is 0 Å². The number of rotatable bonds is 5. The van der Waals surface area contributed by atoms with Gasteiger partial charge >= 0.3 is 0 Å². The molecule has 1 aliphatic carbocycles. The zero-order chi connectivity index (χ0) is 13.0. The fourth-order valence-corrected chi connectivity index (χ4v) is 2.76. The third-order valence-electron chi connectivity index (χ3n) is 4.45. The fraction of sp³-hybridized carbons (Fsp3) is 0.562. The molecule has 2 heteroatoms. The van der Waals surface area contributed by atoms with Crippen LogP contribution in [-0.2, 0) is 6.54 Å². The summed E-state index contributed by atoms with van der Waals surface area (Å²) in [4.78, 5) is 0. The van der Waals surface area contributed by atoms with Gasteiger partial charge in [-0.05, 0) is 54.9 Å². The highest BCUT2D eigenvalue weighted by atomic mass is 14.9. The average molecular weight is 242 g/mol. The maximum absolute atomic E-state index is 8.84. The highest BCUT2D eigenvalue weighted by molar-refractivity contribution is 5.37. The second-order valence-electron chi connectivity index (χ2n) is 5.56. The summed E-state index contributed by atoms with van der Waals surface area (Å²) in [5.74, 6) is 0. The zero-order valence-corrected chi connectivity index (χ0v) is 11.4. The predicted molar refractivity (Wildman–Crippen MR) is 74.2 cm³/mol. The Balaban J connectivity index is 1.89. The molecule has 0 spiro atoms. The van der Waals surface area contributed by atoms with Gasteiger partial charge in [-0.15, -0.1) is 0 Å². The lowest BCUT2D eigenvalue weighted by Crippen LogP contribution is -2.39. The molecular weight excluding hydrogens is 220 g/mol. The smallest absolute Gasteiger partial charge is 0.0991 e. The Morgan fingerprint density at radius 1 is 1.39 bits per heavy atom. The maximum atomic E-state index is 8.84. The summed E-state index contributed by atoms with van der Waals surface area (Å²) in [7, 11) is 0. The molecule has 0 saturated heterocycles. The molecule has 2 rings (SSSR count). The van der Waals surface area contributed by atoms with Gasteiger partial charge in [-0.2, -0.15) is 5.26 Å². The number of nitriles is 1. The summed E-state index contributed by atoms with van der Waals surface area (Å²) in [5.41, 5.74) is 3.83. The van der Waals surface area contributed by atoms with Crippen LogP contribution >= 0.6 is 0 Å². The minimum atomic E-state index is 0.570. The van der Waals surface area contributed by atoms with E-state index >= 15 is 0 Å². The van der Waals surface area contributed by atoms with Gasteiger partial charge in [0.05, 0.1) is 11.6 Å². The molecule has 0 aromatic heterocycles. The minimum absolute atomic E-state index is 0.570. The monoisotopic (exact) mass is 242 g/mol. The molecule has 1 N–H and O–H groups in total. The Morgan fingerprint density at radius 3 is 2.67 bits per heavy atom. The molecule has 2 nitrogen and oxygen atoms in total. The number of hydrogen-bond acceptors (Lipinski definition) is 2. The van der Waals surface area contributed by atoms with Crippen molar-refractivity contribution in [2.24, 2.45) is 5.41 Å². The van der Waals surface area contributed by atoms with E-state index in [1.807, 2.05) is 12.1 Å². The van der Waals surface area contributed by atoms with Crippen LogP contribution in [0.4, 0.5) is 0 Å². The summed E-state index contributed by atoms with van der Waals surface area (Å²) < 4.78 is 0. The van der Waals surface area contributed by atoms with E-state index in [2.05, 4.69) is 31.3 Å². The van der Waals surface area contributed by atoms with Crippen LogP contribution in [0.25, 0.3) is 0 Å². The largest absolute Gasteiger partial charge is 0.312 e. The van der Waals surface area contributed by atoms with Crippen LogP contribution in [0.3, 0.4) is 0 Å². The van der Waals surface area contributed by atoms with Crippen LogP contribution < -0.4 is 5.32 Å². The predicted octanol–water partition coefficient (Wildman–Crippen LogP) is 3.54. The van der Waals surface area contributed by atoms with Crippen molar-refractivity contribution >= 4 is 0 Å². The van der Waals surface area contributed by atoms with Crippen LogP contribution in [0.2, 0.25) is 0 Å². The number of nitrogens with zero attached hydrogens (tertiary/aromatic N) is 1. The molecule has 0 bridgehead atoms. The lowest BCUT2D eigenvalue weighted by atomic mass is 9.67. The van der Waals surface area contributed by atoms with Gasteiger partial charge in [0.1, 0.15) is 0 Å². The second-order valence-corrected chi connectivity index (χ2v) is 5.56. The second kappa shape index (κ2) is 5.54. The highest BCUT2D eigenvalue weighted by Crippen LogP contribution is 2.43. The molecule has 1 aliphatic rings. The van der Waals surface area contributed by atoms with Gasteiger partial charge in [-0.25, -0.2) is 0 Å². The fourth-order valence-electron chi connectivity index (χ4n) is 2.76. The number of nitrogens with one attached hydrogen (secondary N) is 1. The first-order valence-corrected chi connectivity index (χ1v) is 6.89. The first-order valence-electron chi connectivity index (χ1n) is 6.89.